The van der Waals surface area contributed by atoms with Crippen molar-refractivity contribution >= 4 is 21.8 Å². The van der Waals surface area contributed by atoms with Crippen LogP contribution in [0.2, 0.25) is 0 Å². The van der Waals surface area contributed by atoms with Crippen molar-refractivity contribution in [1.29, 1.82) is 0 Å². The Morgan fingerprint density at radius 2 is 1.70 bits per heavy atom. The monoisotopic (exact) mass is 399 g/mol. The predicted molar refractivity (Wildman–Crippen MR) is 100 cm³/mol. The predicted octanol–water partition coefficient (Wildman–Crippen LogP) is 1.12. The standard InChI is InChI=1S/C18H26FN3O4S/c1-12(2)16(21-17(23)13-4-6-14(19)7-5-13)18(24)20-15-8-10-22(11-9-15)27(3,25)26/h4-7,12,15-16H,8-11H2,1-3H3,(H,20,24)(H,21,23). The normalized spacial score (nSPS) is 17.5. The van der Waals surface area contributed by atoms with Gasteiger partial charge < -0.3 is 10.6 Å². The lowest BCUT2D eigenvalue weighted by atomic mass is 10.0. The number of nitrogens with one attached hydrogen (secondary N) is 2. The summed E-state index contributed by atoms with van der Waals surface area (Å²) in [5.74, 6) is -1.34. The highest BCUT2D eigenvalue weighted by atomic mass is 32.2. The van der Waals surface area contributed by atoms with Crippen LogP contribution >= 0.6 is 0 Å². The van der Waals surface area contributed by atoms with Crippen LogP contribution in [0, 0.1) is 11.7 Å². The van der Waals surface area contributed by atoms with E-state index in [0.29, 0.717) is 25.9 Å². The van der Waals surface area contributed by atoms with E-state index in [1.54, 1.807) is 0 Å². The van der Waals surface area contributed by atoms with E-state index in [1.165, 1.54) is 34.8 Å². The molecule has 0 radical (unpaired) electrons. The number of hydrogen-bond acceptors (Lipinski definition) is 4. The van der Waals surface area contributed by atoms with E-state index in [0.717, 1.165) is 0 Å². The van der Waals surface area contributed by atoms with Crippen LogP contribution in [-0.2, 0) is 14.8 Å². The van der Waals surface area contributed by atoms with Gasteiger partial charge in [0.1, 0.15) is 11.9 Å². The molecule has 1 heterocycles. The molecular weight excluding hydrogens is 373 g/mol. The van der Waals surface area contributed by atoms with Gasteiger partial charge in [-0.3, -0.25) is 9.59 Å². The topological polar surface area (TPSA) is 95.6 Å². The molecule has 7 nitrogen and oxygen atoms in total. The lowest BCUT2D eigenvalue weighted by Gasteiger charge is -2.32. The molecule has 1 fully saturated rings. The number of hydrogen-bond donors (Lipinski definition) is 2. The van der Waals surface area contributed by atoms with Gasteiger partial charge in [0.25, 0.3) is 5.91 Å². The molecule has 150 valence electrons. The largest absolute Gasteiger partial charge is 0.351 e. The second-order valence-corrected chi connectivity index (χ2v) is 9.13. The van der Waals surface area contributed by atoms with E-state index in [1.807, 2.05) is 13.8 Å². The first kappa shape index (κ1) is 21.3. The number of sulfonamides is 1. The number of benzene rings is 1. The minimum absolute atomic E-state index is 0.139. The maximum Gasteiger partial charge on any atom is 0.251 e. The van der Waals surface area contributed by atoms with Crippen LogP contribution in [0.5, 0.6) is 0 Å². The average Bonchev–Trinajstić information content (AvgIpc) is 2.59. The van der Waals surface area contributed by atoms with E-state index in [2.05, 4.69) is 10.6 Å². The highest BCUT2D eigenvalue weighted by Crippen LogP contribution is 2.14. The van der Waals surface area contributed by atoms with Crippen LogP contribution in [0.4, 0.5) is 4.39 Å². The molecular formula is C18H26FN3O4S. The lowest BCUT2D eigenvalue weighted by molar-refractivity contribution is -0.124. The molecule has 1 saturated heterocycles. The Morgan fingerprint density at radius 1 is 1.15 bits per heavy atom. The van der Waals surface area contributed by atoms with E-state index in [9.17, 15) is 22.4 Å². The molecule has 9 heteroatoms. The third kappa shape index (κ3) is 6.00. The molecule has 1 aliphatic rings. The second kappa shape index (κ2) is 8.79. The van der Waals surface area contributed by atoms with Crippen molar-refractivity contribution in [2.75, 3.05) is 19.3 Å². The van der Waals surface area contributed by atoms with Crippen molar-refractivity contribution in [1.82, 2.24) is 14.9 Å². The molecule has 1 aromatic rings. The quantitative estimate of drug-likeness (QED) is 0.749. The Morgan fingerprint density at radius 3 is 2.19 bits per heavy atom. The third-order valence-electron chi connectivity index (χ3n) is 4.61. The van der Waals surface area contributed by atoms with Gasteiger partial charge in [0, 0.05) is 24.7 Å². The zero-order valence-corrected chi connectivity index (χ0v) is 16.6. The number of amides is 2. The SMILES string of the molecule is CC(C)C(NC(=O)c1ccc(F)cc1)C(=O)NC1CCN(S(C)(=O)=O)CC1. The van der Waals surface area contributed by atoms with Gasteiger partial charge in [-0.25, -0.2) is 17.1 Å². The third-order valence-corrected chi connectivity index (χ3v) is 5.91. The Kier molecular flexibility index (Phi) is 6.94. The Bertz CT molecular complexity index is 772. The van der Waals surface area contributed by atoms with E-state index in [-0.39, 0.29) is 23.4 Å². The lowest BCUT2D eigenvalue weighted by Crippen LogP contribution is -2.54. The fourth-order valence-electron chi connectivity index (χ4n) is 2.98. The first-order valence-corrected chi connectivity index (χ1v) is 10.7. The maximum atomic E-state index is 13.0. The molecule has 1 unspecified atom stereocenters. The summed E-state index contributed by atoms with van der Waals surface area (Å²) < 4.78 is 37.5. The van der Waals surface area contributed by atoms with Gasteiger partial charge in [-0.2, -0.15) is 0 Å². The van der Waals surface area contributed by atoms with Gasteiger partial charge in [0.2, 0.25) is 15.9 Å². The maximum absolute atomic E-state index is 13.0. The van der Waals surface area contributed by atoms with Gasteiger partial charge in [0.05, 0.1) is 6.26 Å². The molecule has 2 amide bonds. The van der Waals surface area contributed by atoms with Crippen LogP contribution in [0.15, 0.2) is 24.3 Å². The Balaban J connectivity index is 1.95. The zero-order valence-electron chi connectivity index (χ0n) is 15.7. The van der Waals surface area contributed by atoms with E-state index < -0.39 is 27.8 Å². The highest BCUT2D eigenvalue weighted by Gasteiger charge is 2.30. The van der Waals surface area contributed by atoms with Crippen LogP contribution in [0.25, 0.3) is 0 Å². The van der Waals surface area contributed by atoms with Gasteiger partial charge in [-0.1, -0.05) is 13.8 Å². The second-order valence-electron chi connectivity index (χ2n) is 7.15. The van der Waals surface area contributed by atoms with Crippen molar-refractivity contribution in [2.45, 2.75) is 38.8 Å². The highest BCUT2D eigenvalue weighted by molar-refractivity contribution is 7.88. The van der Waals surface area contributed by atoms with Crippen LogP contribution in [-0.4, -0.2) is 56.0 Å². The average molecular weight is 399 g/mol. The molecule has 1 atom stereocenters. The number of piperidine rings is 1. The number of rotatable bonds is 6. The smallest absolute Gasteiger partial charge is 0.251 e. The molecule has 2 N–H and O–H groups in total. The molecule has 27 heavy (non-hydrogen) atoms. The van der Waals surface area contributed by atoms with Gasteiger partial charge >= 0.3 is 0 Å². The molecule has 0 bridgehead atoms. The van der Waals surface area contributed by atoms with E-state index >= 15 is 0 Å². The molecule has 0 spiro atoms. The first-order chi connectivity index (χ1) is 12.6. The fraction of sp³-hybridized carbons (Fsp3) is 0.556. The Hall–Kier alpha value is -2.00. The van der Waals surface area contributed by atoms with Gasteiger partial charge in [0.15, 0.2) is 0 Å². The zero-order chi connectivity index (χ0) is 20.2. The fourth-order valence-corrected chi connectivity index (χ4v) is 3.86. The number of carbonyl (C=O) groups is 2. The summed E-state index contributed by atoms with van der Waals surface area (Å²) in [7, 11) is -3.22. The Labute approximate surface area is 159 Å². The van der Waals surface area contributed by atoms with E-state index in [4.69, 9.17) is 0 Å². The molecule has 2 rings (SSSR count). The number of nitrogens with zero attached hydrogens (tertiary/aromatic N) is 1. The van der Waals surface area contributed by atoms with Crippen molar-refractivity contribution in [3.05, 3.63) is 35.6 Å². The molecule has 0 aliphatic carbocycles. The molecule has 0 aromatic heterocycles. The number of halogens is 1. The summed E-state index contributed by atoms with van der Waals surface area (Å²) in [6.07, 6.45) is 2.22. The summed E-state index contributed by atoms with van der Waals surface area (Å²) in [4.78, 5) is 25.0. The minimum Gasteiger partial charge on any atom is -0.351 e. The summed E-state index contributed by atoms with van der Waals surface area (Å²) in [6, 6.07) is 4.22. The molecule has 0 saturated carbocycles. The van der Waals surface area contributed by atoms with Crippen molar-refractivity contribution in [3.63, 3.8) is 0 Å². The van der Waals surface area contributed by atoms with Gasteiger partial charge in [-0.15, -0.1) is 0 Å². The van der Waals surface area contributed by atoms with Crippen molar-refractivity contribution < 1.29 is 22.4 Å². The minimum atomic E-state index is -3.22. The van der Waals surface area contributed by atoms with Crippen LogP contribution in [0.3, 0.4) is 0 Å². The van der Waals surface area contributed by atoms with Gasteiger partial charge in [-0.05, 0) is 43.0 Å². The summed E-state index contributed by atoms with van der Waals surface area (Å²) in [5.41, 5.74) is 0.274. The van der Waals surface area contributed by atoms with Crippen LogP contribution in [0.1, 0.15) is 37.0 Å². The summed E-state index contributed by atoms with van der Waals surface area (Å²) in [5, 5.41) is 5.60. The summed E-state index contributed by atoms with van der Waals surface area (Å²) >= 11 is 0. The van der Waals surface area contributed by atoms with Crippen molar-refractivity contribution in [2.24, 2.45) is 5.92 Å². The first-order valence-electron chi connectivity index (χ1n) is 8.90. The summed E-state index contributed by atoms with van der Waals surface area (Å²) in [6.45, 7) is 4.36. The number of carbonyl (C=O) groups excluding carboxylic acids is 2. The molecule has 1 aliphatic heterocycles. The molecule has 1 aromatic carbocycles. The van der Waals surface area contributed by atoms with Crippen LogP contribution < -0.4 is 10.6 Å². The van der Waals surface area contributed by atoms with Crippen molar-refractivity contribution in [3.8, 4) is 0 Å².